The molecule has 162 valence electrons. The van der Waals surface area contributed by atoms with E-state index in [-0.39, 0.29) is 11.8 Å². The molecule has 0 fully saturated rings. The molecule has 2 aromatic carbocycles. The second-order valence-electron chi connectivity index (χ2n) is 7.26. The molecule has 0 unspecified atom stereocenters. The highest BCUT2D eigenvalue weighted by Crippen LogP contribution is 2.19. The monoisotopic (exact) mass is 428 g/mol. The van der Waals surface area contributed by atoms with Gasteiger partial charge in [-0.2, -0.15) is 0 Å². The lowest BCUT2D eigenvalue weighted by molar-refractivity contribution is -0.138. The molecule has 2 aromatic rings. The second-order valence-corrected chi connectivity index (χ2v) is 8.24. The Hall–Kier alpha value is -2.47. The van der Waals surface area contributed by atoms with Crippen molar-refractivity contribution in [2.45, 2.75) is 45.5 Å². The van der Waals surface area contributed by atoms with Crippen LogP contribution in [0.2, 0.25) is 0 Å². The van der Waals surface area contributed by atoms with Crippen LogP contribution in [0.3, 0.4) is 0 Å². The molecule has 0 radical (unpaired) electrons. The second kappa shape index (κ2) is 12.3. The van der Waals surface area contributed by atoms with Crippen molar-refractivity contribution in [2.75, 3.05) is 19.4 Å². The van der Waals surface area contributed by atoms with Crippen LogP contribution in [-0.4, -0.2) is 42.2 Å². The van der Waals surface area contributed by atoms with Gasteiger partial charge in [-0.25, -0.2) is 0 Å². The van der Waals surface area contributed by atoms with Gasteiger partial charge in [-0.05, 0) is 49.1 Å². The number of thioether (sulfide) groups is 1. The molecule has 0 aliphatic rings. The Labute approximate surface area is 184 Å². The summed E-state index contributed by atoms with van der Waals surface area (Å²) in [6.07, 6.45) is 0.858. The van der Waals surface area contributed by atoms with E-state index in [4.69, 9.17) is 4.74 Å². The van der Waals surface area contributed by atoms with Gasteiger partial charge in [0.1, 0.15) is 11.8 Å². The van der Waals surface area contributed by atoms with Crippen LogP contribution >= 0.6 is 11.8 Å². The topological polar surface area (TPSA) is 58.6 Å². The number of hydrogen-bond donors (Lipinski definition) is 1. The third-order valence-electron chi connectivity index (χ3n) is 4.97. The van der Waals surface area contributed by atoms with Crippen LogP contribution in [0.5, 0.6) is 5.75 Å². The zero-order chi connectivity index (χ0) is 21.9. The summed E-state index contributed by atoms with van der Waals surface area (Å²) in [5.41, 5.74) is 3.41. The van der Waals surface area contributed by atoms with Crippen LogP contribution < -0.4 is 10.1 Å². The molecular weight excluding hydrogens is 396 g/mol. The lowest BCUT2D eigenvalue weighted by atomic mass is 10.1. The molecule has 5 nitrogen and oxygen atoms in total. The minimum absolute atomic E-state index is 0.0384. The molecule has 0 saturated carbocycles. The lowest BCUT2D eigenvalue weighted by Crippen LogP contribution is -2.48. The molecular formula is C24H32N2O3S. The lowest BCUT2D eigenvalue weighted by Gasteiger charge is -2.29. The molecule has 2 rings (SSSR count). The minimum Gasteiger partial charge on any atom is -0.497 e. The van der Waals surface area contributed by atoms with E-state index in [1.165, 1.54) is 11.1 Å². The Morgan fingerprint density at radius 2 is 1.83 bits per heavy atom. The smallest absolute Gasteiger partial charge is 0.242 e. The Bertz CT molecular complexity index is 823. The van der Waals surface area contributed by atoms with Crippen LogP contribution in [0.25, 0.3) is 0 Å². The third kappa shape index (κ3) is 7.10. The first kappa shape index (κ1) is 23.8. The fourth-order valence-corrected chi connectivity index (χ4v) is 4.00. The maximum absolute atomic E-state index is 13.1. The van der Waals surface area contributed by atoms with Gasteiger partial charge in [0.2, 0.25) is 11.8 Å². The number of rotatable bonds is 11. The number of aryl methyl sites for hydroxylation is 1. The predicted octanol–water partition coefficient (Wildman–Crippen LogP) is 4.18. The van der Waals surface area contributed by atoms with Crippen LogP contribution in [-0.2, 0) is 21.9 Å². The van der Waals surface area contributed by atoms with Crippen molar-refractivity contribution < 1.29 is 14.3 Å². The van der Waals surface area contributed by atoms with Crippen LogP contribution in [0.15, 0.2) is 48.5 Å². The van der Waals surface area contributed by atoms with Crippen LogP contribution in [0, 0.1) is 6.92 Å². The first-order chi connectivity index (χ1) is 14.5. The van der Waals surface area contributed by atoms with Gasteiger partial charge in [-0.1, -0.05) is 43.3 Å². The quantitative estimate of drug-likeness (QED) is 0.583. The fraction of sp³-hybridized carbons (Fsp3) is 0.417. The van der Waals surface area contributed by atoms with E-state index < -0.39 is 6.04 Å². The van der Waals surface area contributed by atoms with Crippen molar-refractivity contribution in [1.29, 1.82) is 0 Å². The van der Waals surface area contributed by atoms with Gasteiger partial charge < -0.3 is 15.0 Å². The number of methoxy groups -OCH3 is 1. The minimum atomic E-state index is -0.537. The molecule has 1 N–H and O–H groups in total. The molecule has 0 bridgehead atoms. The van der Waals surface area contributed by atoms with Crippen LogP contribution in [0.1, 0.15) is 37.0 Å². The molecule has 0 saturated heterocycles. The Balaban J connectivity index is 2.06. The maximum Gasteiger partial charge on any atom is 0.242 e. The van der Waals surface area contributed by atoms with E-state index in [1.54, 1.807) is 30.7 Å². The number of nitrogens with zero attached hydrogens (tertiary/aromatic N) is 1. The number of carbonyl (C=O) groups is 2. The maximum atomic E-state index is 13.1. The number of amides is 2. The summed E-state index contributed by atoms with van der Waals surface area (Å²) >= 11 is 1.58. The third-order valence-corrected chi connectivity index (χ3v) is 5.94. The van der Waals surface area contributed by atoms with Gasteiger partial charge >= 0.3 is 0 Å². The number of hydrogen-bond acceptors (Lipinski definition) is 4. The first-order valence-electron chi connectivity index (χ1n) is 10.3. The SMILES string of the molecule is CCCNC(=O)[C@H](C)N(Cc1ccc(OC)cc1)C(=O)CSCc1ccccc1C. The Morgan fingerprint density at radius 1 is 1.13 bits per heavy atom. The predicted molar refractivity (Wildman–Crippen MR) is 124 cm³/mol. The molecule has 0 aliphatic carbocycles. The molecule has 2 amide bonds. The highest BCUT2D eigenvalue weighted by Gasteiger charge is 2.25. The summed E-state index contributed by atoms with van der Waals surface area (Å²) in [5, 5.41) is 2.90. The van der Waals surface area contributed by atoms with Gasteiger partial charge in [0.25, 0.3) is 0 Å². The van der Waals surface area contributed by atoms with Gasteiger partial charge in [0.15, 0.2) is 0 Å². The Morgan fingerprint density at radius 3 is 2.47 bits per heavy atom. The van der Waals surface area contributed by atoms with Crippen molar-refractivity contribution in [2.24, 2.45) is 0 Å². The van der Waals surface area contributed by atoms with E-state index in [9.17, 15) is 9.59 Å². The number of ether oxygens (including phenoxy) is 1. The largest absolute Gasteiger partial charge is 0.497 e. The van der Waals surface area contributed by atoms with E-state index >= 15 is 0 Å². The zero-order valence-corrected chi connectivity index (χ0v) is 19.1. The van der Waals surface area contributed by atoms with Gasteiger partial charge in [0, 0.05) is 18.8 Å². The van der Waals surface area contributed by atoms with Gasteiger partial charge in [-0.3, -0.25) is 9.59 Å². The van der Waals surface area contributed by atoms with Crippen molar-refractivity contribution in [1.82, 2.24) is 10.2 Å². The number of benzene rings is 2. The molecule has 0 heterocycles. The Kier molecular flexibility index (Phi) is 9.74. The summed E-state index contributed by atoms with van der Waals surface area (Å²) in [6.45, 7) is 6.87. The molecule has 0 spiro atoms. The highest BCUT2D eigenvalue weighted by atomic mass is 32.2. The average Bonchev–Trinajstić information content (AvgIpc) is 2.76. The summed E-state index contributed by atoms with van der Waals surface area (Å²) < 4.78 is 5.21. The van der Waals surface area contributed by atoms with E-state index in [0.717, 1.165) is 23.5 Å². The van der Waals surface area contributed by atoms with Crippen molar-refractivity contribution >= 4 is 23.6 Å². The van der Waals surface area contributed by atoms with Crippen LogP contribution in [0.4, 0.5) is 0 Å². The fourth-order valence-electron chi connectivity index (χ4n) is 3.01. The summed E-state index contributed by atoms with van der Waals surface area (Å²) in [7, 11) is 1.62. The summed E-state index contributed by atoms with van der Waals surface area (Å²) in [4.78, 5) is 27.3. The molecule has 1 atom stereocenters. The molecule has 6 heteroatoms. The molecule has 0 aliphatic heterocycles. The van der Waals surface area contributed by atoms with Crippen molar-refractivity contribution in [3.63, 3.8) is 0 Å². The molecule has 30 heavy (non-hydrogen) atoms. The number of nitrogens with one attached hydrogen (secondary N) is 1. The summed E-state index contributed by atoms with van der Waals surface area (Å²) in [5.74, 6) is 1.70. The highest BCUT2D eigenvalue weighted by molar-refractivity contribution is 7.99. The zero-order valence-electron chi connectivity index (χ0n) is 18.3. The summed E-state index contributed by atoms with van der Waals surface area (Å²) in [6, 6.07) is 15.2. The molecule has 0 aromatic heterocycles. The van der Waals surface area contributed by atoms with Crippen molar-refractivity contribution in [3.05, 3.63) is 65.2 Å². The normalized spacial score (nSPS) is 11.6. The van der Waals surface area contributed by atoms with E-state index in [1.807, 2.05) is 43.3 Å². The van der Waals surface area contributed by atoms with Gasteiger partial charge in [0.05, 0.1) is 12.9 Å². The average molecular weight is 429 g/mol. The van der Waals surface area contributed by atoms with E-state index in [0.29, 0.717) is 18.8 Å². The van der Waals surface area contributed by atoms with E-state index in [2.05, 4.69) is 24.4 Å². The number of carbonyl (C=O) groups excluding carboxylic acids is 2. The standard InChI is InChI=1S/C24H32N2O3S/c1-5-14-25-24(28)19(3)26(15-20-10-12-22(29-4)13-11-20)23(27)17-30-16-21-9-7-6-8-18(21)2/h6-13,19H,5,14-17H2,1-4H3,(H,25,28)/t19-/m0/s1. The van der Waals surface area contributed by atoms with Crippen molar-refractivity contribution in [3.8, 4) is 5.75 Å². The van der Waals surface area contributed by atoms with Gasteiger partial charge in [-0.15, -0.1) is 11.8 Å². The first-order valence-corrected chi connectivity index (χ1v) is 11.4.